The van der Waals surface area contributed by atoms with E-state index in [9.17, 15) is 9.18 Å². The molecule has 2 aliphatic rings. The molecule has 1 amide bonds. The number of fused-ring (bicyclic) bond motifs is 4. The number of ether oxygens (including phenoxy) is 2. The van der Waals surface area contributed by atoms with Crippen LogP contribution in [-0.2, 0) is 15.9 Å². The number of nitrogens with zero attached hydrogens (tertiary/aromatic N) is 3. The SMILES string of the molecule is Cc1cc(-n2nc3c(c2N)C2COCC(C3)N2C(=O)OC(C)(C)C)cc(C)c1F. The third kappa shape index (κ3) is 3.35. The minimum atomic E-state index is -0.592. The molecule has 8 heteroatoms. The molecule has 2 bridgehead atoms. The van der Waals surface area contributed by atoms with Crippen molar-refractivity contribution < 1.29 is 18.7 Å². The van der Waals surface area contributed by atoms with Crippen LogP contribution < -0.4 is 5.73 Å². The van der Waals surface area contributed by atoms with Crippen LogP contribution in [-0.4, -0.2) is 45.6 Å². The first-order chi connectivity index (χ1) is 13.6. The molecule has 2 unspecified atom stereocenters. The number of carbonyl (C=O) groups is 1. The van der Waals surface area contributed by atoms with E-state index in [4.69, 9.17) is 20.3 Å². The lowest BCUT2D eigenvalue weighted by atomic mass is 9.92. The number of halogens is 1. The molecule has 3 heterocycles. The zero-order chi connectivity index (χ0) is 21.1. The van der Waals surface area contributed by atoms with Gasteiger partial charge in [0.15, 0.2) is 0 Å². The first-order valence-corrected chi connectivity index (χ1v) is 9.80. The van der Waals surface area contributed by atoms with Gasteiger partial charge in [0.25, 0.3) is 0 Å². The van der Waals surface area contributed by atoms with E-state index in [1.807, 2.05) is 20.8 Å². The van der Waals surface area contributed by atoms with Gasteiger partial charge >= 0.3 is 6.09 Å². The molecule has 2 atom stereocenters. The first-order valence-electron chi connectivity index (χ1n) is 9.80. The molecule has 1 saturated heterocycles. The number of aromatic nitrogens is 2. The smallest absolute Gasteiger partial charge is 0.411 e. The second kappa shape index (κ2) is 6.73. The lowest BCUT2D eigenvalue weighted by Crippen LogP contribution is -2.55. The second-order valence-corrected chi connectivity index (χ2v) is 8.85. The van der Waals surface area contributed by atoms with Crippen molar-refractivity contribution in [1.29, 1.82) is 0 Å². The molecule has 1 aromatic carbocycles. The Hall–Kier alpha value is -2.61. The summed E-state index contributed by atoms with van der Waals surface area (Å²) in [7, 11) is 0. The number of morpholine rings is 1. The van der Waals surface area contributed by atoms with E-state index in [0.717, 1.165) is 11.3 Å². The van der Waals surface area contributed by atoms with E-state index in [0.29, 0.717) is 42.3 Å². The second-order valence-electron chi connectivity index (χ2n) is 8.85. The molecular formula is C21H27FN4O3. The van der Waals surface area contributed by atoms with Crippen LogP contribution in [0, 0.1) is 19.7 Å². The molecule has 0 spiro atoms. The van der Waals surface area contributed by atoms with E-state index >= 15 is 0 Å². The highest BCUT2D eigenvalue weighted by Gasteiger charge is 2.45. The van der Waals surface area contributed by atoms with Gasteiger partial charge in [-0.25, -0.2) is 13.9 Å². The molecule has 29 heavy (non-hydrogen) atoms. The Morgan fingerprint density at radius 1 is 1.28 bits per heavy atom. The van der Waals surface area contributed by atoms with Gasteiger partial charge < -0.3 is 15.2 Å². The van der Waals surface area contributed by atoms with Crippen molar-refractivity contribution in [3.8, 4) is 5.69 Å². The predicted octanol–water partition coefficient (Wildman–Crippen LogP) is 3.44. The normalized spacial score (nSPS) is 21.1. The van der Waals surface area contributed by atoms with Gasteiger partial charge in [-0.3, -0.25) is 4.90 Å². The van der Waals surface area contributed by atoms with Crippen LogP contribution in [0.3, 0.4) is 0 Å². The summed E-state index contributed by atoms with van der Waals surface area (Å²) in [6, 6.07) is 2.94. The maximum absolute atomic E-state index is 14.1. The van der Waals surface area contributed by atoms with E-state index in [-0.39, 0.29) is 24.0 Å². The molecule has 2 aliphatic heterocycles. The maximum Gasteiger partial charge on any atom is 0.411 e. The van der Waals surface area contributed by atoms with Gasteiger partial charge in [0.2, 0.25) is 0 Å². The van der Waals surface area contributed by atoms with Gasteiger partial charge in [-0.2, -0.15) is 5.10 Å². The maximum atomic E-state index is 14.1. The van der Waals surface area contributed by atoms with Crippen LogP contribution in [0.4, 0.5) is 15.0 Å². The number of aryl methyl sites for hydroxylation is 2. The Bertz CT molecular complexity index is 956. The fraction of sp³-hybridized carbons (Fsp3) is 0.524. The number of benzene rings is 1. The Morgan fingerprint density at radius 3 is 2.55 bits per heavy atom. The quantitative estimate of drug-likeness (QED) is 0.790. The molecule has 4 rings (SSSR count). The van der Waals surface area contributed by atoms with E-state index < -0.39 is 5.60 Å². The fourth-order valence-electron chi connectivity index (χ4n) is 4.17. The number of rotatable bonds is 1. The topological polar surface area (TPSA) is 82.6 Å². The highest BCUT2D eigenvalue weighted by Crippen LogP contribution is 2.41. The Morgan fingerprint density at radius 2 is 1.93 bits per heavy atom. The average molecular weight is 402 g/mol. The lowest BCUT2D eigenvalue weighted by Gasteiger charge is -2.45. The van der Waals surface area contributed by atoms with Crippen molar-refractivity contribution in [1.82, 2.24) is 14.7 Å². The number of nitrogens with two attached hydrogens (primary N) is 1. The summed E-state index contributed by atoms with van der Waals surface area (Å²) < 4.78 is 27.1. The van der Waals surface area contributed by atoms with Gasteiger partial charge in [0.05, 0.1) is 36.7 Å². The molecule has 0 saturated carbocycles. The van der Waals surface area contributed by atoms with E-state index in [1.165, 1.54) is 0 Å². The van der Waals surface area contributed by atoms with E-state index in [2.05, 4.69) is 0 Å². The van der Waals surface area contributed by atoms with Crippen LogP contribution in [0.2, 0.25) is 0 Å². The highest BCUT2D eigenvalue weighted by atomic mass is 19.1. The van der Waals surface area contributed by atoms with E-state index in [1.54, 1.807) is 35.6 Å². The van der Waals surface area contributed by atoms with Crippen molar-refractivity contribution in [3.05, 3.63) is 40.3 Å². The fourth-order valence-corrected chi connectivity index (χ4v) is 4.17. The molecule has 2 N–H and O–H groups in total. The molecule has 1 fully saturated rings. The highest BCUT2D eigenvalue weighted by molar-refractivity contribution is 5.71. The molecule has 156 valence electrons. The molecular weight excluding hydrogens is 375 g/mol. The Labute approximate surface area is 169 Å². The van der Waals surface area contributed by atoms with Crippen molar-refractivity contribution in [2.75, 3.05) is 18.9 Å². The summed E-state index contributed by atoms with van der Waals surface area (Å²) in [6.45, 7) is 9.73. The molecule has 0 aliphatic carbocycles. The summed E-state index contributed by atoms with van der Waals surface area (Å²) >= 11 is 0. The standard InChI is InChI=1S/C21H27FN4O3/c1-11-6-13(7-12(2)18(11)22)26-19(23)17-15(24-26)8-14-9-28-10-16(17)25(14)20(27)29-21(3,4)5/h6-7,14,16H,8-10,23H2,1-5H3. The lowest BCUT2D eigenvalue weighted by molar-refractivity contribution is -0.0673. The number of carbonyl (C=O) groups excluding carboxylic acids is 1. The van der Waals surface area contributed by atoms with Gasteiger partial charge in [0.1, 0.15) is 17.2 Å². The monoisotopic (exact) mass is 402 g/mol. The summed E-state index contributed by atoms with van der Waals surface area (Å²) in [5, 5.41) is 4.72. The molecule has 1 aromatic heterocycles. The molecule has 0 radical (unpaired) electrons. The van der Waals surface area contributed by atoms with Crippen molar-refractivity contribution in [2.45, 2.75) is 58.7 Å². The minimum absolute atomic E-state index is 0.157. The van der Waals surface area contributed by atoms with Crippen LogP contribution >= 0.6 is 0 Å². The Kier molecular flexibility index (Phi) is 4.57. The zero-order valence-electron chi connectivity index (χ0n) is 17.5. The van der Waals surface area contributed by atoms with Crippen LogP contribution in [0.15, 0.2) is 12.1 Å². The third-order valence-electron chi connectivity index (χ3n) is 5.38. The summed E-state index contributed by atoms with van der Waals surface area (Å²) in [5.41, 5.74) is 9.30. The predicted molar refractivity (Wildman–Crippen MR) is 107 cm³/mol. The third-order valence-corrected chi connectivity index (χ3v) is 5.38. The number of hydrogen-bond acceptors (Lipinski definition) is 5. The van der Waals surface area contributed by atoms with Crippen molar-refractivity contribution in [2.24, 2.45) is 0 Å². The summed E-state index contributed by atoms with van der Waals surface area (Å²) in [6.07, 6.45) is 0.156. The largest absolute Gasteiger partial charge is 0.444 e. The summed E-state index contributed by atoms with van der Waals surface area (Å²) in [5.74, 6) is 0.206. The van der Waals surface area contributed by atoms with Gasteiger partial charge in [-0.1, -0.05) is 0 Å². The van der Waals surface area contributed by atoms with Crippen molar-refractivity contribution in [3.63, 3.8) is 0 Å². The van der Waals surface area contributed by atoms with Crippen molar-refractivity contribution >= 4 is 11.9 Å². The number of nitrogen functional groups attached to an aromatic ring is 1. The Balaban J connectivity index is 1.76. The zero-order valence-corrected chi connectivity index (χ0v) is 17.5. The van der Waals surface area contributed by atoms with Crippen LogP contribution in [0.5, 0.6) is 0 Å². The van der Waals surface area contributed by atoms with Gasteiger partial charge in [-0.15, -0.1) is 0 Å². The average Bonchev–Trinajstić information content (AvgIpc) is 2.93. The van der Waals surface area contributed by atoms with Gasteiger partial charge in [0, 0.05) is 12.0 Å². The van der Waals surface area contributed by atoms with Crippen LogP contribution in [0.25, 0.3) is 5.69 Å². The number of anilines is 1. The van der Waals surface area contributed by atoms with Gasteiger partial charge in [-0.05, 0) is 57.9 Å². The summed E-state index contributed by atoms with van der Waals surface area (Å²) in [4.78, 5) is 14.6. The molecule has 7 nitrogen and oxygen atoms in total. The number of hydrogen-bond donors (Lipinski definition) is 1. The minimum Gasteiger partial charge on any atom is -0.444 e. The van der Waals surface area contributed by atoms with Crippen LogP contribution in [0.1, 0.15) is 49.2 Å². The molecule has 2 aromatic rings. The number of amides is 1. The first kappa shape index (κ1) is 19.7.